The van der Waals surface area contributed by atoms with Crippen molar-refractivity contribution < 1.29 is 19.0 Å². The number of methoxy groups -OCH3 is 1. The molecular weight excluding hydrogens is 308 g/mol. The van der Waals surface area contributed by atoms with Crippen molar-refractivity contribution in [1.82, 2.24) is 9.55 Å². The summed E-state index contributed by atoms with van der Waals surface area (Å²) < 4.78 is 18.1. The van der Waals surface area contributed by atoms with Crippen LogP contribution in [0.4, 0.5) is 0 Å². The highest BCUT2D eigenvalue weighted by Gasteiger charge is 2.27. The molecule has 6 heteroatoms. The van der Waals surface area contributed by atoms with Crippen molar-refractivity contribution in [2.24, 2.45) is 0 Å². The summed E-state index contributed by atoms with van der Waals surface area (Å²) in [6, 6.07) is 7.56. The van der Waals surface area contributed by atoms with Crippen molar-refractivity contribution in [1.29, 1.82) is 0 Å². The van der Waals surface area contributed by atoms with E-state index in [9.17, 15) is 4.79 Å². The van der Waals surface area contributed by atoms with Crippen LogP contribution in [0.15, 0.2) is 24.3 Å². The van der Waals surface area contributed by atoms with Gasteiger partial charge < -0.3 is 14.2 Å². The number of aromatic nitrogens is 2. The molecular formula is C18H24N2O4. The first-order chi connectivity index (χ1) is 11.5. The smallest absolute Gasteiger partial charge is 0.356 e. The van der Waals surface area contributed by atoms with Gasteiger partial charge in [0.25, 0.3) is 0 Å². The van der Waals surface area contributed by atoms with Gasteiger partial charge in [-0.2, -0.15) is 0 Å². The van der Waals surface area contributed by atoms with Crippen molar-refractivity contribution in [3.63, 3.8) is 0 Å². The lowest BCUT2D eigenvalue weighted by Gasteiger charge is -2.19. The highest BCUT2D eigenvalue weighted by Crippen LogP contribution is 2.33. The molecule has 0 aliphatic rings. The summed E-state index contributed by atoms with van der Waals surface area (Å²) in [7, 11) is 1.61. The summed E-state index contributed by atoms with van der Waals surface area (Å²) in [5.41, 5.74) is 1.80. The number of carbonyl (C=O) groups excluding carboxylic acids is 1. The fourth-order valence-corrected chi connectivity index (χ4v) is 2.68. The largest absolute Gasteiger partial charge is 0.496 e. The highest BCUT2D eigenvalue weighted by atomic mass is 16.5. The molecule has 130 valence electrons. The highest BCUT2D eigenvalue weighted by molar-refractivity contribution is 5.90. The summed E-state index contributed by atoms with van der Waals surface area (Å²) in [5.74, 6) is 0.895. The fourth-order valence-electron chi connectivity index (χ4n) is 2.68. The summed E-state index contributed by atoms with van der Waals surface area (Å²) in [5, 5.41) is 0. The molecule has 1 heterocycles. The zero-order valence-electron chi connectivity index (χ0n) is 14.8. The number of rotatable bonds is 7. The van der Waals surface area contributed by atoms with Gasteiger partial charge in [0.05, 0.1) is 25.0 Å². The second kappa shape index (κ2) is 7.97. The van der Waals surface area contributed by atoms with Gasteiger partial charge in [-0.3, -0.25) is 4.57 Å². The first-order valence-electron chi connectivity index (χ1n) is 8.06. The van der Waals surface area contributed by atoms with Gasteiger partial charge in [-0.25, -0.2) is 9.78 Å². The topological polar surface area (TPSA) is 62.6 Å². The van der Waals surface area contributed by atoms with Crippen LogP contribution in [-0.4, -0.2) is 35.8 Å². The molecule has 0 aliphatic heterocycles. The Balaban J connectivity index is 2.67. The number of carbonyl (C=O) groups is 1. The number of hydrogen-bond acceptors (Lipinski definition) is 5. The molecule has 0 radical (unpaired) electrons. The number of esters is 1. The molecule has 2 rings (SSSR count). The quantitative estimate of drug-likeness (QED) is 0.725. The molecule has 0 spiro atoms. The van der Waals surface area contributed by atoms with Crippen LogP contribution in [0.25, 0.3) is 11.4 Å². The Bertz CT molecular complexity index is 709. The first kappa shape index (κ1) is 18.0. The molecule has 1 atom stereocenters. The van der Waals surface area contributed by atoms with E-state index in [1.54, 1.807) is 25.5 Å². The van der Waals surface area contributed by atoms with Gasteiger partial charge in [-0.1, -0.05) is 12.1 Å². The lowest BCUT2D eigenvalue weighted by Crippen LogP contribution is -2.19. The van der Waals surface area contributed by atoms with Crippen LogP contribution in [0.1, 0.15) is 43.2 Å². The van der Waals surface area contributed by atoms with Gasteiger partial charge in [-0.05, 0) is 39.8 Å². The molecule has 2 aromatic rings. The van der Waals surface area contributed by atoms with E-state index in [1.165, 1.54) is 0 Å². The van der Waals surface area contributed by atoms with Crippen LogP contribution in [0.5, 0.6) is 5.75 Å². The van der Waals surface area contributed by atoms with E-state index in [0.29, 0.717) is 36.2 Å². The molecule has 1 aromatic carbocycles. The Kier molecular flexibility index (Phi) is 5.98. The zero-order chi connectivity index (χ0) is 17.7. The minimum atomic E-state index is -0.407. The van der Waals surface area contributed by atoms with Crippen LogP contribution >= 0.6 is 0 Å². The normalized spacial score (nSPS) is 12.0. The summed E-state index contributed by atoms with van der Waals surface area (Å²) in [6.07, 6.45) is -0.365. The minimum Gasteiger partial charge on any atom is -0.496 e. The number of ether oxygens (including phenoxy) is 3. The van der Waals surface area contributed by atoms with E-state index in [1.807, 2.05) is 38.1 Å². The summed E-state index contributed by atoms with van der Waals surface area (Å²) in [4.78, 5) is 17.0. The first-order valence-corrected chi connectivity index (χ1v) is 8.06. The van der Waals surface area contributed by atoms with Gasteiger partial charge in [0.1, 0.15) is 17.8 Å². The number of nitrogens with zero attached hydrogens (tertiary/aromatic N) is 2. The third kappa shape index (κ3) is 3.43. The van der Waals surface area contributed by atoms with Crippen LogP contribution in [0.2, 0.25) is 0 Å². The third-order valence-electron chi connectivity index (χ3n) is 3.67. The number of benzene rings is 1. The molecule has 1 aromatic heterocycles. The molecule has 0 fully saturated rings. The Morgan fingerprint density at radius 1 is 1.25 bits per heavy atom. The molecule has 6 nitrogen and oxygen atoms in total. The molecule has 1 unspecified atom stereocenters. The predicted octanol–water partition coefficient (Wildman–Crippen LogP) is 3.60. The molecule has 0 amide bonds. The Hall–Kier alpha value is -2.34. The average Bonchev–Trinajstić information content (AvgIpc) is 2.92. The SMILES string of the molecule is CCOC(=O)c1c(C)nc(-c2ccccc2OC)n1C(C)OCC. The molecule has 0 aliphatic carbocycles. The van der Waals surface area contributed by atoms with Gasteiger partial charge in [-0.15, -0.1) is 0 Å². The Labute approximate surface area is 142 Å². The van der Waals surface area contributed by atoms with Crippen LogP contribution in [-0.2, 0) is 9.47 Å². The fraction of sp³-hybridized carbons (Fsp3) is 0.444. The number of para-hydroxylation sites is 1. The van der Waals surface area contributed by atoms with Crippen molar-refractivity contribution >= 4 is 5.97 Å². The maximum Gasteiger partial charge on any atom is 0.356 e. The Morgan fingerprint density at radius 2 is 1.96 bits per heavy atom. The number of hydrogen-bond donors (Lipinski definition) is 0. The lowest BCUT2D eigenvalue weighted by atomic mass is 10.2. The lowest BCUT2D eigenvalue weighted by molar-refractivity contribution is 0.0195. The van der Waals surface area contributed by atoms with E-state index in [2.05, 4.69) is 4.98 Å². The van der Waals surface area contributed by atoms with Gasteiger partial charge in [0.2, 0.25) is 0 Å². The molecule has 0 bridgehead atoms. The minimum absolute atomic E-state index is 0.302. The second-order valence-corrected chi connectivity index (χ2v) is 5.21. The van der Waals surface area contributed by atoms with Gasteiger partial charge >= 0.3 is 5.97 Å². The van der Waals surface area contributed by atoms with Crippen molar-refractivity contribution in [2.45, 2.75) is 33.9 Å². The maximum absolute atomic E-state index is 12.4. The summed E-state index contributed by atoms with van der Waals surface area (Å²) >= 11 is 0. The summed E-state index contributed by atoms with van der Waals surface area (Å²) in [6.45, 7) is 8.18. The standard InChI is InChI=1S/C18H24N2O4/c1-6-23-13(4)20-16(18(21)24-7-2)12(3)19-17(20)14-10-8-9-11-15(14)22-5/h8-11,13H,6-7H2,1-5H3. The zero-order valence-corrected chi connectivity index (χ0v) is 14.8. The van der Waals surface area contributed by atoms with E-state index in [4.69, 9.17) is 14.2 Å². The number of imidazole rings is 1. The maximum atomic E-state index is 12.4. The van der Waals surface area contributed by atoms with Gasteiger partial charge in [0, 0.05) is 6.61 Å². The van der Waals surface area contributed by atoms with Crippen LogP contribution in [0, 0.1) is 6.92 Å². The van der Waals surface area contributed by atoms with Gasteiger partial charge in [0.15, 0.2) is 5.69 Å². The van der Waals surface area contributed by atoms with E-state index in [-0.39, 0.29) is 6.23 Å². The van der Waals surface area contributed by atoms with Crippen LogP contribution in [0.3, 0.4) is 0 Å². The Morgan fingerprint density at radius 3 is 2.58 bits per heavy atom. The molecule has 0 N–H and O–H groups in total. The number of aryl methyl sites for hydroxylation is 1. The monoisotopic (exact) mass is 332 g/mol. The van der Waals surface area contributed by atoms with Crippen molar-refractivity contribution in [2.75, 3.05) is 20.3 Å². The second-order valence-electron chi connectivity index (χ2n) is 5.21. The van der Waals surface area contributed by atoms with E-state index < -0.39 is 5.97 Å². The average molecular weight is 332 g/mol. The van der Waals surface area contributed by atoms with Crippen molar-refractivity contribution in [3.8, 4) is 17.1 Å². The van der Waals surface area contributed by atoms with Crippen molar-refractivity contribution in [3.05, 3.63) is 35.7 Å². The molecule has 0 saturated heterocycles. The molecule has 24 heavy (non-hydrogen) atoms. The molecule has 0 saturated carbocycles. The predicted molar refractivity (Wildman–Crippen MR) is 91.2 cm³/mol. The van der Waals surface area contributed by atoms with Crippen LogP contribution < -0.4 is 4.74 Å². The third-order valence-corrected chi connectivity index (χ3v) is 3.67. The van der Waals surface area contributed by atoms with E-state index in [0.717, 1.165) is 5.56 Å². The van der Waals surface area contributed by atoms with E-state index >= 15 is 0 Å².